The first-order chi connectivity index (χ1) is 6.74. The minimum Gasteiger partial charge on any atom is -0.392 e. The molecule has 0 aliphatic heterocycles. The molecule has 1 N–H and O–H groups in total. The average molecular weight is 275 g/mol. The van der Waals surface area contributed by atoms with E-state index in [9.17, 15) is 4.39 Å². The van der Waals surface area contributed by atoms with Gasteiger partial charge in [0.25, 0.3) is 0 Å². The highest BCUT2D eigenvalue weighted by Gasteiger charge is 2.07. The van der Waals surface area contributed by atoms with Gasteiger partial charge in [-0.3, -0.25) is 0 Å². The lowest BCUT2D eigenvalue weighted by Gasteiger charge is -2.01. The van der Waals surface area contributed by atoms with Crippen molar-refractivity contribution in [3.05, 3.63) is 34.5 Å². The van der Waals surface area contributed by atoms with Gasteiger partial charge in [0.05, 0.1) is 6.61 Å². The molecule has 4 heteroatoms. The van der Waals surface area contributed by atoms with Crippen molar-refractivity contribution in [2.24, 2.45) is 0 Å². The van der Waals surface area contributed by atoms with E-state index in [0.29, 0.717) is 5.33 Å². The van der Waals surface area contributed by atoms with E-state index in [2.05, 4.69) is 15.9 Å². The quantitative estimate of drug-likeness (QED) is 0.832. The summed E-state index contributed by atoms with van der Waals surface area (Å²) in [4.78, 5) is 0. The maximum Gasteiger partial charge on any atom is 0.177 e. The lowest BCUT2D eigenvalue weighted by Crippen LogP contribution is -1.86. The van der Waals surface area contributed by atoms with E-state index in [1.807, 2.05) is 12.1 Å². The molecule has 0 bridgehead atoms. The van der Waals surface area contributed by atoms with Crippen molar-refractivity contribution >= 4 is 37.4 Å². The number of thiophene rings is 1. The van der Waals surface area contributed by atoms with Crippen LogP contribution in [0.3, 0.4) is 0 Å². The van der Waals surface area contributed by atoms with Gasteiger partial charge in [-0.25, -0.2) is 0 Å². The molecule has 0 atom stereocenters. The van der Waals surface area contributed by atoms with Crippen LogP contribution in [-0.4, -0.2) is 5.11 Å². The van der Waals surface area contributed by atoms with Crippen LogP contribution < -0.4 is 0 Å². The third-order valence-corrected chi connectivity index (χ3v) is 3.71. The fourth-order valence-electron chi connectivity index (χ4n) is 1.46. The van der Waals surface area contributed by atoms with Gasteiger partial charge in [-0.05, 0) is 28.6 Å². The number of halogens is 2. The van der Waals surface area contributed by atoms with Crippen molar-refractivity contribution in [1.82, 2.24) is 0 Å². The zero-order valence-corrected chi connectivity index (χ0v) is 9.66. The van der Waals surface area contributed by atoms with Crippen molar-refractivity contribution in [2.75, 3.05) is 0 Å². The van der Waals surface area contributed by atoms with Gasteiger partial charge in [-0.15, -0.1) is 11.3 Å². The maximum absolute atomic E-state index is 13.0. The van der Waals surface area contributed by atoms with Gasteiger partial charge in [0.1, 0.15) is 0 Å². The first-order valence-electron chi connectivity index (χ1n) is 4.12. The molecule has 2 aromatic rings. The molecule has 0 aliphatic carbocycles. The highest BCUT2D eigenvalue weighted by Crippen LogP contribution is 2.29. The molecule has 0 spiro atoms. The Morgan fingerprint density at radius 1 is 1.36 bits per heavy atom. The lowest BCUT2D eigenvalue weighted by molar-refractivity contribution is 0.283. The largest absolute Gasteiger partial charge is 0.392 e. The molecule has 74 valence electrons. The molecule has 1 aromatic heterocycles. The lowest BCUT2D eigenvalue weighted by atomic mass is 10.1. The van der Waals surface area contributed by atoms with Crippen LogP contribution in [0.25, 0.3) is 10.1 Å². The average Bonchev–Trinajstić information content (AvgIpc) is 2.56. The molecule has 14 heavy (non-hydrogen) atoms. The molecular formula is C10H8BrFOS. The van der Waals surface area contributed by atoms with Crippen LogP contribution in [0.2, 0.25) is 0 Å². The predicted molar refractivity (Wildman–Crippen MR) is 60.3 cm³/mol. The molecule has 0 radical (unpaired) electrons. The predicted octanol–water partition coefficient (Wildman–Crippen LogP) is 3.43. The van der Waals surface area contributed by atoms with Crippen molar-refractivity contribution < 1.29 is 9.50 Å². The molecule has 0 saturated carbocycles. The topological polar surface area (TPSA) is 20.2 Å². The van der Waals surface area contributed by atoms with E-state index in [1.165, 1.54) is 6.07 Å². The summed E-state index contributed by atoms with van der Waals surface area (Å²) in [6.07, 6.45) is 0. The summed E-state index contributed by atoms with van der Waals surface area (Å²) in [5.74, 6) is 0. The second-order valence-corrected chi connectivity index (χ2v) is 4.58. The van der Waals surface area contributed by atoms with Crippen molar-refractivity contribution in [3.63, 3.8) is 0 Å². The Kier molecular flexibility index (Phi) is 2.85. The highest BCUT2D eigenvalue weighted by molar-refractivity contribution is 9.08. The third kappa shape index (κ3) is 1.69. The number of fused-ring (bicyclic) bond motifs is 1. The van der Waals surface area contributed by atoms with Crippen LogP contribution in [0, 0.1) is 5.13 Å². The second-order valence-electron chi connectivity index (χ2n) is 3.02. The van der Waals surface area contributed by atoms with E-state index in [1.54, 1.807) is 0 Å². The van der Waals surface area contributed by atoms with Gasteiger partial charge < -0.3 is 5.11 Å². The fourth-order valence-corrected chi connectivity index (χ4v) is 2.65. The Hall–Kier alpha value is -0.450. The van der Waals surface area contributed by atoms with Crippen molar-refractivity contribution in [2.45, 2.75) is 11.9 Å². The van der Waals surface area contributed by atoms with Crippen LogP contribution in [0.15, 0.2) is 18.2 Å². The zero-order chi connectivity index (χ0) is 10.1. The van der Waals surface area contributed by atoms with Gasteiger partial charge in [0, 0.05) is 10.0 Å². The zero-order valence-electron chi connectivity index (χ0n) is 7.26. The minimum atomic E-state index is -0.207. The number of alkyl halides is 1. The van der Waals surface area contributed by atoms with Crippen LogP contribution in [-0.2, 0) is 11.9 Å². The van der Waals surface area contributed by atoms with Crippen LogP contribution in [0.4, 0.5) is 4.39 Å². The normalized spacial score (nSPS) is 11.1. The van der Waals surface area contributed by atoms with E-state index >= 15 is 0 Å². The Morgan fingerprint density at radius 3 is 2.79 bits per heavy atom. The summed E-state index contributed by atoms with van der Waals surface area (Å²) in [6.45, 7) is -0.0444. The standard InChI is InChI=1S/C10H8BrFOS/c11-4-6-1-7-3-9(12)14-10(7)8(2-6)5-13/h1-3,13H,4-5H2. The van der Waals surface area contributed by atoms with Gasteiger partial charge in [0.15, 0.2) is 5.13 Å². The Bertz CT molecular complexity index is 466. The number of benzene rings is 1. The van der Waals surface area contributed by atoms with Gasteiger partial charge >= 0.3 is 0 Å². The van der Waals surface area contributed by atoms with E-state index < -0.39 is 0 Å². The van der Waals surface area contributed by atoms with Crippen molar-refractivity contribution in [3.8, 4) is 0 Å². The van der Waals surface area contributed by atoms with Crippen molar-refractivity contribution in [1.29, 1.82) is 0 Å². The number of hydrogen-bond donors (Lipinski definition) is 1. The molecule has 0 fully saturated rings. The molecule has 0 unspecified atom stereocenters. The fraction of sp³-hybridized carbons (Fsp3) is 0.200. The van der Waals surface area contributed by atoms with Gasteiger partial charge in [-0.1, -0.05) is 22.0 Å². The molecule has 0 aliphatic rings. The monoisotopic (exact) mass is 274 g/mol. The summed E-state index contributed by atoms with van der Waals surface area (Å²) in [5, 5.41) is 10.5. The summed E-state index contributed by atoms with van der Waals surface area (Å²) >= 11 is 4.42. The summed E-state index contributed by atoms with van der Waals surface area (Å²) in [5.41, 5.74) is 1.85. The molecule has 1 nitrogen and oxygen atoms in total. The Morgan fingerprint density at radius 2 is 2.14 bits per heavy atom. The van der Waals surface area contributed by atoms with Gasteiger partial charge in [-0.2, -0.15) is 4.39 Å². The molecule has 0 saturated heterocycles. The van der Waals surface area contributed by atoms with Crippen LogP contribution in [0.1, 0.15) is 11.1 Å². The second kappa shape index (κ2) is 3.96. The van der Waals surface area contributed by atoms with Gasteiger partial charge in [0.2, 0.25) is 0 Å². The minimum absolute atomic E-state index is 0.0444. The summed E-state index contributed by atoms with van der Waals surface area (Å²) in [7, 11) is 0. The molecular weight excluding hydrogens is 267 g/mol. The molecule has 2 rings (SSSR count). The molecule has 1 aromatic carbocycles. The van der Waals surface area contributed by atoms with E-state index in [0.717, 1.165) is 32.5 Å². The Labute approximate surface area is 93.3 Å². The summed E-state index contributed by atoms with van der Waals surface area (Å²) < 4.78 is 13.8. The first-order valence-corrected chi connectivity index (χ1v) is 6.06. The first kappa shape index (κ1) is 10.1. The van der Waals surface area contributed by atoms with E-state index in [4.69, 9.17) is 5.11 Å². The summed E-state index contributed by atoms with van der Waals surface area (Å²) in [6, 6.07) is 5.33. The number of aliphatic hydroxyl groups excluding tert-OH is 1. The Balaban J connectivity index is 2.72. The highest BCUT2D eigenvalue weighted by atomic mass is 79.9. The van der Waals surface area contributed by atoms with E-state index in [-0.39, 0.29) is 11.7 Å². The smallest absolute Gasteiger partial charge is 0.177 e. The maximum atomic E-state index is 13.0. The molecule has 1 heterocycles. The molecule has 0 amide bonds. The number of hydrogen-bond acceptors (Lipinski definition) is 2. The SMILES string of the molecule is OCc1cc(CBr)cc2cc(F)sc12. The number of rotatable bonds is 2. The third-order valence-electron chi connectivity index (χ3n) is 2.05. The number of aliphatic hydroxyl groups is 1. The van der Waals surface area contributed by atoms with Crippen LogP contribution in [0.5, 0.6) is 0 Å². The van der Waals surface area contributed by atoms with Crippen LogP contribution >= 0.6 is 27.3 Å².